The number of fused-ring (bicyclic) bond motifs is 3. The fourth-order valence-electron chi connectivity index (χ4n) is 3.21. The van der Waals surface area contributed by atoms with E-state index in [9.17, 15) is 0 Å². The third-order valence-corrected chi connectivity index (χ3v) is 4.13. The minimum absolute atomic E-state index is 0.532. The predicted octanol–water partition coefficient (Wildman–Crippen LogP) is 3.35. The van der Waals surface area contributed by atoms with E-state index in [2.05, 4.69) is 25.1 Å². The van der Waals surface area contributed by atoms with Gasteiger partial charge in [0, 0.05) is 11.6 Å². The van der Waals surface area contributed by atoms with Crippen LogP contribution in [0.4, 0.5) is 0 Å². The number of rotatable bonds is 1. The monoisotopic (exact) mass is 229 g/mol. The highest BCUT2D eigenvalue weighted by Crippen LogP contribution is 2.40. The molecule has 1 aliphatic heterocycles. The molecule has 90 valence electrons. The van der Waals surface area contributed by atoms with Crippen molar-refractivity contribution in [3.8, 4) is 5.75 Å². The highest BCUT2D eigenvalue weighted by molar-refractivity contribution is 5.83. The predicted molar refractivity (Wildman–Crippen MR) is 70.2 cm³/mol. The van der Waals surface area contributed by atoms with Crippen LogP contribution in [0.2, 0.25) is 0 Å². The van der Waals surface area contributed by atoms with E-state index in [4.69, 9.17) is 9.73 Å². The molecule has 0 N–H and O–H groups in total. The third-order valence-electron chi connectivity index (χ3n) is 4.13. The lowest BCUT2D eigenvalue weighted by molar-refractivity contribution is 0.408. The molecule has 2 nitrogen and oxygen atoms in total. The van der Waals surface area contributed by atoms with Gasteiger partial charge in [-0.3, -0.25) is 4.99 Å². The molecule has 17 heavy (non-hydrogen) atoms. The van der Waals surface area contributed by atoms with Gasteiger partial charge in [-0.2, -0.15) is 0 Å². The molecule has 0 saturated carbocycles. The lowest BCUT2D eigenvalue weighted by Gasteiger charge is -2.34. The number of aryl methyl sites for hydroxylation is 1. The second-order valence-corrected chi connectivity index (χ2v) is 5.18. The first kappa shape index (κ1) is 10.8. The maximum atomic E-state index is 5.31. The Bertz CT molecular complexity index is 464. The fourth-order valence-corrected chi connectivity index (χ4v) is 3.21. The summed E-state index contributed by atoms with van der Waals surface area (Å²) in [4.78, 5) is 4.83. The molecule has 0 spiro atoms. The number of ether oxygens (including phenoxy) is 1. The van der Waals surface area contributed by atoms with Gasteiger partial charge in [0.1, 0.15) is 5.75 Å². The number of nitrogens with zero attached hydrogens (tertiary/aromatic N) is 1. The normalized spacial score (nSPS) is 26.8. The van der Waals surface area contributed by atoms with Crippen molar-refractivity contribution in [1.82, 2.24) is 0 Å². The standard InChI is InChI=1S/C15H19NO/c1-10-3-6-14-13-7-5-12(17-2)9-11(13)4-8-15(14)16-10/h5,7,9,14-15H,3-4,6,8H2,1-2H3/t14-,15+/m1/s1. The van der Waals surface area contributed by atoms with Gasteiger partial charge in [-0.1, -0.05) is 6.07 Å². The average Bonchev–Trinajstić information content (AvgIpc) is 2.37. The van der Waals surface area contributed by atoms with E-state index in [1.807, 2.05) is 0 Å². The Morgan fingerprint density at radius 1 is 1.24 bits per heavy atom. The topological polar surface area (TPSA) is 21.6 Å². The summed E-state index contributed by atoms with van der Waals surface area (Å²) in [5.41, 5.74) is 4.32. The highest BCUT2D eigenvalue weighted by Gasteiger charge is 2.31. The Morgan fingerprint density at radius 3 is 2.94 bits per heavy atom. The van der Waals surface area contributed by atoms with E-state index < -0.39 is 0 Å². The first-order valence-corrected chi connectivity index (χ1v) is 6.48. The van der Waals surface area contributed by atoms with Gasteiger partial charge in [0.05, 0.1) is 13.2 Å². The van der Waals surface area contributed by atoms with E-state index in [1.54, 1.807) is 7.11 Å². The molecule has 0 amide bonds. The van der Waals surface area contributed by atoms with Crippen molar-refractivity contribution < 1.29 is 4.74 Å². The van der Waals surface area contributed by atoms with Gasteiger partial charge in [0.15, 0.2) is 0 Å². The van der Waals surface area contributed by atoms with Gasteiger partial charge >= 0.3 is 0 Å². The van der Waals surface area contributed by atoms with Crippen LogP contribution in [0.1, 0.15) is 43.2 Å². The van der Waals surface area contributed by atoms with Crippen LogP contribution < -0.4 is 4.74 Å². The van der Waals surface area contributed by atoms with E-state index in [0.717, 1.165) is 18.6 Å². The molecule has 2 aliphatic rings. The van der Waals surface area contributed by atoms with Gasteiger partial charge < -0.3 is 4.74 Å². The van der Waals surface area contributed by atoms with Crippen LogP contribution in [-0.4, -0.2) is 18.9 Å². The molecule has 0 unspecified atom stereocenters. The summed E-state index contributed by atoms with van der Waals surface area (Å²) in [5.74, 6) is 1.63. The van der Waals surface area contributed by atoms with Crippen LogP contribution in [-0.2, 0) is 6.42 Å². The molecule has 0 fully saturated rings. The summed E-state index contributed by atoms with van der Waals surface area (Å²) < 4.78 is 5.31. The van der Waals surface area contributed by atoms with Crippen molar-refractivity contribution in [2.24, 2.45) is 4.99 Å². The third kappa shape index (κ3) is 1.86. The van der Waals surface area contributed by atoms with E-state index in [0.29, 0.717) is 12.0 Å². The van der Waals surface area contributed by atoms with Gasteiger partial charge in [0.2, 0.25) is 0 Å². The number of hydrogen-bond donors (Lipinski definition) is 0. The molecule has 2 atom stereocenters. The van der Waals surface area contributed by atoms with Crippen LogP contribution in [0.25, 0.3) is 0 Å². The van der Waals surface area contributed by atoms with E-state index in [1.165, 1.54) is 29.7 Å². The largest absolute Gasteiger partial charge is 0.497 e. The highest BCUT2D eigenvalue weighted by atomic mass is 16.5. The molecule has 0 aromatic heterocycles. The second-order valence-electron chi connectivity index (χ2n) is 5.18. The van der Waals surface area contributed by atoms with Crippen molar-refractivity contribution in [2.45, 2.75) is 44.6 Å². The van der Waals surface area contributed by atoms with Crippen LogP contribution in [0.15, 0.2) is 23.2 Å². The molecule has 0 saturated heterocycles. The summed E-state index contributed by atoms with van der Waals surface area (Å²) in [6, 6.07) is 7.08. The van der Waals surface area contributed by atoms with Gasteiger partial charge in [-0.25, -0.2) is 0 Å². The summed E-state index contributed by atoms with van der Waals surface area (Å²) in [5, 5.41) is 0. The quantitative estimate of drug-likeness (QED) is 0.723. The Balaban J connectivity index is 1.98. The molecule has 3 rings (SSSR count). The van der Waals surface area contributed by atoms with Crippen LogP contribution >= 0.6 is 0 Å². The van der Waals surface area contributed by atoms with Crippen molar-refractivity contribution in [1.29, 1.82) is 0 Å². The van der Waals surface area contributed by atoms with Gasteiger partial charge in [-0.05, 0) is 55.9 Å². The summed E-state index contributed by atoms with van der Waals surface area (Å²) in [7, 11) is 1.74. The summed E-state index contributed by atoms with van der Waals surface area (Å²) in [6.45, 7) is 2.17. The Morgan fingerprint density at radius 2 is 2.12 bits per heavy atom. The molecule has 1 aliphatic carbocycles. The Hall–Kier alpha value is -1.31. The van der Waals surface area contributed by atoms with Crippen LogP contribution in [0.5, 0.6) is 5.75 Å². The van der Waals surface area contributed by atoms with Crippen molar-refractivity contribution in [3.63, 3.8) is 0 Å². The first-order valence-electron chi connectivity index (χ1n) is 6.48. The molecule has 0 bridgehead atoms. The zero-order chi connectivity index (χ0) is 11.8. The smallest absolute Gasteiger partial charge is 0.119 e. The number of hydrogen-bond acceptors (Lipinski definition) is 2. The number of aliphatic imine (C=N–C) groups is 1. The molecular weight excluding hydrogens is 210 g/mol. The molecule has 2 heteroatoms. The molecule has 0 radical (unpaired) electrons. The zero-order valence-corrected chi connectivity index (χ0v) is 10.6. The maximum Gasteiger partial charge on any atom is 0.119 e. The second kappa shape index (κ2) is 4.17. The maximum absolute atomic E-state index is 5.31. The molecule has 1 aromatic rings. The Kier molecular flexibility index (Phi) is 2.65. The van der Waals surface area contributed by atoms with E-state index >= 15 is 0 Å². The van der Waals surface area contributed by atoms with Crippen molar-refractivity contribution >= 4 is 5.71 Å². The lowest BCUT2D eigenvalue weighted by atomic mass is 9.75. The molecule has 1 heterocycles. The zero-order valence-electron chi connectivity index (χ0n) is 10.6. The summed E-state index contributed by atoms with van der Waals surface area (Å²) in [6.07, 6.45) is 4.76. The average molecular weight is 229 g/mol. The molecule has 1 aromatic carbocycles. The molecular formula is C15H19NO. The van der Waals surface area contributed by atoms with Crippen LogP contribution in [0.3, 0.4) is 0 Å². The SMILES string of the molecule is COc1ccc2c(c1)CC[C@@H]1N=C(C)CC[C@H]21. The van der Waals surface area contributed by atoms with Gasteiger partial charge in [0.25, 0.3) is 0 Å². The minimum Gasteiger partial charge on any atom is -0.497 e. The van der Waals surface area contributed by atoms with Crippen molar-refractivity contribution in [2.75, 3.05) is 7.11 Å². The summed E-state index contributed by atoms with van der Waals surface area (Å²) >= 11 is 0. The minimum atomic E-state index is 0.532. The fraction of sp³-hybridized carbons (Fsp3) is 0.533. The lowest BCUT2D eigenvalue weighted by Crippen LogP contribution is -2.28. The van der Waals surface area contributed by atoms with Crippen molar-refractivity contribution in [3.05, 3.63) is 29.3 Å². The Labute approximate surface area is 103 Å². The first-order chi connectivity index (χ1) is 8.28. The van der Waals surface area contributed by atoms with Gasteiger partial charge in [-0.15, -0.1) is 0 Å². The number of methoxy groups -OCH3 is 1. The van der Waals surface area contributed by atoms with E-state index in [-0.39, 0.29) is 0 Å². The number of benzene rings is 1. The van der Waals surface area contributed by atoms with Crippen LogP contribution in [0, 0.1) is 0 Å².